The van der Waals surface area contributed by atoms with E-state index in [9.17, 15) is 14.4 Å². The number of hydrogen-bond donors (Lipinski definition) is 1. The second kappa shape index (κ2) is 8.29. The Hall–Kier alpha value is -3.15. The van der Waals surface area contributed by atoms with Gasteiger partial charge in [0, 0.05) is 11.3 Å². The van der Waals surface area contributed by atoms with Gasteiger partial charge < -0.3 is 14.8 Å². The Labute approximate surface area is 152 Å². The van der Waals surface area contributed by atoms with Crippen LogP contribution in [0.4, 0.5) is 5.69 Å². The second-order valence-corrected chi connectivity index (χ2v) is 5.86. The topological polar surface area (TPSA) is 81.7 Å². The normalized spacial score (nSPS) is 11.4. The van der Waals surface area contributed by atoms with Gasteiger partial charge in [0.15, 0.2) is 11.9 Å². The molecule has 0 aliphatic heterocycles. The van der Waals surface area contributed by atoms with Crippen molar-refractivity contribution in [2.75, 3.05) is 12.4 Å². The molecule has 0 saturated heterocycles. The fourth-order valence-electron chi connectivity index (χ4n) is 2.29. The quantitative estimate of drug-likeness (QED) is 0.634. The van der Waals surface area contributed by atoms with E-state index in [-0.39, 0.29) is 5.78 Å². The SMILES string of the molecule is COc1cc(C(=O)O[C@@H](C)C(=O)Nc2cccc(C(C)=O)c2)ccc1C. The second-order valence-electron chi connectivity index (χ2n) is 5.86. The molecule has 6 nitrogen and oxygen atoms in total. The zero-order valence-corrected chi connectivity index (χ0v) is 15.2. The lowest BCUT2D eigenvalue weighted by Gasteiger charge is -2.14. The van der Waals surface area contributed by atoms with Gasteiger partial charge in [0.05, 0.1) is 12.7 Å². The van der Waals surface area contributed by atoms with Crippen LogP contribution in [0.25, 0.3) is 0 Å². The van der Waals surface area contributed by atoms with E-state index < -0.39 is 18.0 Å². The molecule has 0 bridgehead atoms. The molecule has 0 fully saturated rings. The van der Waals surface area contributed by atoms with Crippen LogP contribution >= 0.6 is 0 Å². The van der Waals surface area contributed by atoms with Crippen molar-refractivity contribution < 1.29 is 23.9 Å². The summed E-state index contributed by atoms with van der Waals surface area (Å²) >= 11 is 0. The number of methoxy groups -OCH3 is 1. The molecule has 1 N–H and O–H groups in total. The van der Waals surface area contributed by atoms with Crippen molar-refractivity contribution in [3.05, 3.63) is 59.2 Å². The summed E-state index contributed by atoms with van der Waals surface area (Å²) in [4.78, 5) is 35.9. The number of ketones is 1. The Balaban J connectivity index is 2.03. The maximum absolute atomic E-state index is 12.2. The van der Waals surface area contributed by atoms with Crippen LogP contribution in [0.3, 0.4) is 0 Å². The van der Waals surface area contributed by atoms with Crippen LogP contribution in [-0.2, 0) is 9.53 Å². The molecule has 136 valence electrons. The summed E-state index contributed by atoms with van der Waals surface area (Å²) in [5.41, 5.74) is 2.13. The van der Waals surface area contributed by atoms with Crippen molar-refractivity contribution in [1.82, 2.24) is 0 Å². The van der Waals surface area contributed by atoms with Crippen LogP contribution in [0.1, 0.15) is 40.1 Å². The molecule has 1 atom stereocenters. The number of aryl methyl sites for hydroxylation is 1. The third-order valence-electron chi connectivity index (χ3n) is 3.83. The number of carbonyl (C=O) groups is 3. The van der Waals surface area contributed by atoms with E-state index >= 15 is 0 Å². The number of nitrogens with one attached hydrogen (secondary N) is 1. The highest BCUT2D eigenvalue weighted by molar-refractivity contribution is 5.99. The minimum absolute atomic E-state index is 0.103. The molecule has 0 radical (unpaired) electrons. The minimum Gasteiger partial charge on any atom is -0.496 e. The van der Waals surface area contributed by atoms with E-state index in [2.05, 4.69) is 5.32 Å². The Kier molecular flexibility index (Phi) is 6.11. The first kappa shape index (κ1) is 19.2. The molecular weight excluding hydrogens is 334 g/mol. The molecule has 6 heteroatoms. The van der Waals surface area contributed by atoms with Gasteiger partial charge in [0.2, 0.25) is 0 Å². The van der Waals surface area contributed by atoms with Crippen molar-refractivity contribution in [3.63, 3.8) is 0 Å². The molecule has 2 aromatic carbocycles. The lowest BCUT2D eigenvalue weighted by molar-refractivity contribution is -0.123. The summed E-state index contributed by atoms with van der Waals surface area (Å²) in [5, 5.41) is 2.63. The highest BCUT2D eigenvalue weighted by Crippen LogP contribution is 2.20. The first-order chi connectivity index (χ1) is 12.3. The Morgan fingerprint density at radius 2 is 1.77 bits per heavy atom. The fraction of sp³-hybridized carbons (Fsp3) is 0.250. The van der Waals surface area contributed by atoms with E-state index in [0.717, 1.165) is 5.56 Å². The third kappa shape index (κ3) is 4.69. The Bertz CT molecular complexity index is 844. The van der Waals surface area contributed by atoms with E-state index in [1.807, 2.05) is 6.92 Å². The van der Waals surface area contributed by atoms with Gasteiger partial charge in [-0.05, 0) is 50.6 Å². The van der Waals surface area contributed by atoms with Crippen molar-refractivity contribution in [3.8, 4) is 5.75 Å². The van der Waals surface area contributed by atoms with Crippen LogP contribution < -0.4 is 10.1 Å². The van der Waals surface area contributed by atoms with Gasteiger partial charge in [-0.15, -0.1) is 0 Å². The summed E-state index contributed by atoms with van der Waals surface area (Å²) in [6, 6.07) is 11.5. The standard InChI is InChI=1S/C20H21NO5/c1-12-8-9-16(11-18(12)25-4)20(24)26-14(3)19(23)21-17-7-5-6-15(10-17)13(2)22/h5-11,14H,1-4H3,(H,21,23)/t14-/m0/s1. The molecule has 0 aromatic heterocycles. The fourth-order valence-corrected chi connectivity index (χ4v) is 2.29. The van der Waals surface area contributed by atoms with Crippen molar-refractivity contribution in [1.29, 1.82) is 0 Å². The van der Waals surface area contributed by atoms with Gasteiger partial charge >= 0.3 is 5.97 Å². The van der Waals surface area contributed by atoms with Gasteiger partial charge in [-0.3, -0.25) is 9.59 Å². The maximum atomic E-state index is 12.2. The predicted molar refractivity (Wildman–Crippen MR) is 97.7 cm³/mol. The van der Waals surface area contributed by atoms with Crippen LogP contribution in [-0.4, -0.2) is 30.9 Å². The minimum atomic E-state index is -1.00. The molecule has 26 heavy (non-hydrogen) atoms. The number of anilines is 1. The Morgan fingerprint density at radius 3 is 2.42 bits per heavy atom. The number of benzene rings is 2. The number of rotatable bonds is 6. The number of hydrogen-bond acceptors (Lipinski definition) is 5. The summed E-state index contributed by atoms with van der Waals surface area (Å²) in [6.07, 6.45) is -1.00. The summed E-state index contributed by atoms with van der Waals surface area (Å²) < 4.78 is 10.4. The molecule has 0 aliphatic carbocycles. The summed E-state index contributed by atoms with van der Waals surface area (Å²) in [6.45, 7) is 4.79. The molecule has 0 aliphatic rings. The molecule has 2 aromatic rings. The van der Waals surface area contributed by atoms with Crippen molar-refractivity contribution >= 4 is 23.3 Å². The van der Waals surface area contributed by atoms with Gasteiger partial charge in [-0.2, -0.15) is 0 Å². The largest absolute Gasteiger partial charge is 0.496 e. The zero-order chi connectivity index (χ0) is 19.3. The van der Waals surface area contributed by atoms with Crippen molar-refractivity contribution in [2.24, 2.45) is 0 Å². The van der Waals surface area contributed by atoms with Gasteiger partial charge in [0.1, 0.15) is 5.75 Å². The monoisotopic (exact) mass is 355 g/mol. The van der Waals surface area contributed by atoms with Crippen LogP contribution in [0, 0.1) is 6.92 Å². The average Bonchev–Trinajstić information content (AvgIpc) is 2.62. The maximum Gasteiger partial charge on any atom is 0.339 e. The first-order valence-corrected chi connectivity index (χ1v) is 8.09. The average molecular weight is 355 g/mol. The molecule has 1 amide bonds. The van der Waals surface area contributed by atoms with Gasteiger partial charge in [-0.25, -0.2) is 4.79 Å². The van der Waals surface area contributed by atoms with Gasteiger partial charge in [-0.1, -0.05) is 18.2 Å². The zero-order valence-electron chi connectivity index (χ0n) is 15.2. The van der Waals surface area contributed by atoms with Crippen LogP contribution in [0.5, 0.6) is 5.75 Å². The summed E-state index contributed by atoms with van der Waals surface area (Å²) in [7, 11) is 1.52. The number of amides is 1. The number of ether oxygens (including phenoxy) is 2. The lowest BCUT2D eigenvalue weighted by atomic mass is 10.1. The molecule has 2 rings (SSSR count). The first-order valence-electron chi connectivity index (χ1n) is 8.09. The molecule has 0 spiro atoms. The number of esters is 1. The molecule has 0 unspecified atom stereocenters. The highest BCUT2D eigenvalue weighted by atomic mass is 16.5. The predicted octanol–water partition coefficient (Wildman–Crippen LogP) is 3.39. The van der Waals surface area contributed by atoms with Gasteiger partial charge in [0.25, 0.3) is 5.91 Å². The van der Waals surface area contributed by atoms with E-state index in [1.54, 1.807) is 42.5 Å². The van der Waals surface area contributed by atoms with E-state index in [0.29, 0.717) is 22.6 Å². The van der Waals surface area contributed by atoms with Crippen LogP contribution in [0.15, 0.2) is 42.5 Å². The highest BCUT2D eigenvalue weighted by Gasteiger charge is 2.20. The summed E-state index contributed by atoms with van der Waals surface area (Å²) in [5.74, 6) is -0.645. The Morgan fingerprint density at radius 1 is 1.04 bits per heavy atom. The lowest BCUT2D eigenvalue weighted by Crippen LogP contribution is -2.30. The van der Waals surface area contributed by atoms with Crippen LogP contribution in [0.2, 0.25) is 0 Å². The molecule has 0 heterocycles. The molecular formula is C20H21NO5. The number of carbonyl (C=O) groups excluding carboxylic acids is 3. The van der Waals surface area contributed by atoms with E-state index in [4.69, 9.17) is 9.47 Å². The van der Waals surface area contributed by atoms with E-state index in [1.165, 1.54) is 21.0 Å². The van der Waals surface area contributed by atoms with Crippen molar-refractivity contribution in [2.45, 2.75) is 26.9 Å². The smallest absolute Gasteiger partial charge is 0.339 e. The number of Topliss-reactive ketones (excluding diaryl/α,β-unsaturated/α-hetero) is 1. The molecule has 0 saturated carbocycles. The third-order valence-corrected chi connectivity index (χ3v) is 3.83.